The summed E-state index contributed by atoms with van der Waals surface area (Å²) in [6.45, 7) is 0. The van der Waals surface area contributed by atoms with Crippen molar-refractivity contribution in [1.29, 1.82) is 0 Å². The first kappa shape index (κ1) is 13.2. The maximum Gasteiger partial charge on any atom is 0.280 e. The number of aliphatic hydroxyl groups is 2. The number of nitrogens with zero attached hydrogens (tertiary/aromatic N) is 3. The van der Waals surface area contributed by atoms with E-state index in [4.69, 9.17) is 16.9 Å². The maximum absolute atomic E-state index is 14.6. The summed E-state index contributed by atoms with van der Waals surface area (Å²) < 4.78 is 21.0. The molecule has 1 saturated carbocycles. The maximum atomic E-state index is 14.6. The number of aliphatic hydroxyl groups excluding tert-OH is 1. The van der Waals surface area contributed by atoms with Gasteiger partial charge in [0, 0.05) is 0 Å². The Kier molecular flexibility index (Phi) is 2.18. The van der Waals surface area contributed by atoms with Gasteiger partial charge >= 0.3 is 0 Å². The summed E-state index contributed by atoms with van der Waals surface area (Å²) in [7, 11) is 0. The minimum Gasteiger partial charge on any atom is -0.386 e. The Morgan fingerprint density at radius 1 is 1.64 bits per heavy atom. The minimum absolute atomic E-state index is 0.0135. The molecule has 3 heterocycles. The molecule has 1 aliphatic heterocycles. The molecule has 2 aromatic rings. The summed E-state index contributed by atoms with van der Waals surface area (Å²) in [6, 6.07) is 0. The van der Waals surface area contributed by atoms with E-state index in [9.17, 15) is 19.4 Å². The lowest BCUT2D eigenvalue weighted by Gasteiger charge is -2.20. The van der Waals surface area contributed by atoms with Crippen molar-refractivity contribution in [2.24, 2.45) is 0 Å². The second-order valence-electron chi connectivity index (χ2n) is 5.29. The first-order valence-corrected chi connectivity index (χ1v) is 6.29. The van der Waals surface area contributed by atoms with Crippen LogP contribution < -0.4 is 11.3 Å². The van der Waals surface area contributed by atoms with Gasteiger partial charge in [0.2, 0.25) is 5.95 Å². The van der Waals surface area contributed by atoms with Crippen LogP contribution >= 0.6 is 0 Å². The highest BCUT2D eigenvalue weighted by Gasteiger charge is 2.88. The predicted octanol–water partition coefficient (Wildman–Crippen LogP) is -1.95. The van der Waals surface area contributed by atoms with E-state index in [-0.39, 0.29) is 17.1 Å². The quantitative estimate of drug-likeness (QED) is 0.449. The first-order chi connectivity index (χ1) is 10.4. The number of fused-ring (bicyclic) bond motifs is 2. The molecule has 0 spiro atoms. The molecule has 5 N–H and O–H groups in total. The summed E-state index contributed by atoms with van der Waals surface area (Å²) >= 11 is 0. The number of ether oxygens (including phenoxy) is 1. The lowest BCUT2D eigenvalue weighted by atomic mass is 10.1. The normalized spacial score (nSPS) is 39.6. The number of nitrogen functional groups attached to an aromatic ring is 1. The smallest absolute Gasteiger partial charge is 0.280 e. The van der Waals surface area contributed by atoms with Crippen molar-refractivity contribution in [2.75, 3.05) is 5.73 Å². The number of imidazole rings is 1. The lowest BCUT2D eigenvalue weighted by Crippen LogP contribution is -2.33. The third-order valence-corrected chi connectivity index (χ3v) is 4.23. The molecular weight excluding hydrogens is 297 g/mol. The van der Waals surface area contributed by atoms with Crippen molar-refractivity contribution < 1.29 is 19.3 Å². The Morgan fingerprint density at radius 2 is 2.36 bits per heavy atom. The van der Waals surface area contributed by atoms with Crippen LogP contribution in [0.25, 0.3) is 11.2 Å². The van der Waals surface area contributed by atoms with Gasteiger partial charge in [-0.1, -0.05) is 5.92 Å². The average Bonchev–Trinajstić information content (AvgIpc) is 2.81. The Balaban J connectivity index is 1.86. The summed E-state index contributed by atoms with van der Waals surface area (Å²) in [5.74, 6) is 1.91. The van der Waals surface area contributed by atoms with Gasteiger partial charge < -0.3 is 20.7 Å². The number of aromatic nitrogens is 4. The molecule has 0 aromatic carbocycles. The van der Waals surface area contributed by atoms with Gasteiger partial charge in [0.15, 0.2) is 34.8 Å². The van der Waals surface area contributed by atoms with Crippen molar-refractivity contribution in [1.82, 2.24) is 19.5 Å². The van der Waals surface area contributed by atoms with Crippen LogP contribution in [0.1, 0.15) is 6.23 Å². The Hall–Kier alpha value is -2.48. The van der Waals surface area contributed by atoms with E-state index in [1.165, 1.54) is 0 Å². The van der Waals surface area contributed by atoms with E-state index in [0.29, 0.717) is 0 Å². The van der Waals surface area contributed by atoms with E-state index in [0.717, 1.165) is 10.9 Å². The number of alkyl halides is 1. The fourth-order valence-electron chi connectivity index (χ4n) is 2.97. The number of hydrogen-bond acceptors (Lipinski definition) is 7. The number of H-pyrrole nitrogens is 1. The molecule has 9 nitrogen and oxygen atoms in total. The van der Waals surface area contributed by atoms with Crippen LogP contribution in [0, 0.1) is 12.3 Å². The Bertz CT molecular complexity index is 903. The molecule has 1 unspecified atom stereocenters. The molecule has 10 heteroatoms. The van der Waals surface area contributed by atoms with Gasteiger partial charge in [-0.2, -0.15) is 4.98 Å². The van der Waals surface area contributed by atoms with Crippen molar-refractivity contribution in [3.05, 3.63) is 16.7 Å². The van der Waals surface area contributed by atoms with Crippen LogP contribution in [-0.4, -0.2) is 53.2 Å². The molecule has 5 atom stereocenters. The molecule has 114 valence electrons. The molecule has 0 bridgehead atoms. The van der Waals surface area contributed by atoms with Crippen molar-refractivity contribution in [2.45, 2.75) is 29.7 Å². The second kappa shape index (κ2) is 3.64. The van der Waals surface area contributed by atoms with Crippen molar-refractivity contribution in [3.63, 3.8) is 0 Å². The van der Waals surface area contributed by atoms with Crippen LogP contribution in [0.4, 0.5) is 10.3 Å². The largest absolute Gasteiger partial charge is 0.386 e. The second-order valence-corrected chi connectivity index (χ2v) is 5.29. The summed E-state index contributed by atoms with van der Waals surface area (Å²) in [6.07, 6.45) is 1.44. The standard InChI is InChI=1S/C12H10FN5O4/c1-2-11-9(20)12(11,21)5(13)8(22-11)18-3-15-4-6(18)16-10(14)17-7(4)19/h1,3,5,8-9,20-21H,(H3,14,16,17,19)/t5-,8+,9?,11+,12+/m0/s1. The van der Waals surface area contributed by atoms with Gasteiger partial charge in [-0.05, 0) is 0 Å². The summed E-state index contributed by atoms with van der Waals surface area (Å²) in [5, 5.41) is 19.8. The molecular formula is C12H10FN5O4. The van der Waals surface area contributed by atoms with Crippen LogP contribution in [-0.2, 0) is 4.74 Å². The zero-order valence-electron chi connectivity index (χ0n) is 10.9. The van der Waals surface area contributed by atoms with Gasteiger partial charge in [0.25, 0.3) is 5.56 Å². The fourth-order valence-corrected chi connectivity index (χ4v) is 2.97. The molecule has 2 aliphatic rings. The molecule has 2 fully saturated rings. The molecule has 0 amide bonds. The number of hydrogen-bond donors (Lipinski definition) is 4. The fraction of sp³-hybridized carbons (Fsp3) is 0.417. The highest BCUT2D eigenvalue weighted by Crippen LogP contribution is 2.63. The van der Waals surface area contributed by atoms with Crippen LogP contribution in [0.15, 0.2) is 11.1 Å². The average molecular weight is 307 g/mol. The molecule has 1 aliphatic carbocycles. The number of rotatable bonds is 1. The van der Waals surface area contributed by atoms with Crippen molar-refractivity contribution in [3.8, 4) is 12.3 Å². The third kappa shape index (κ3) is 1.19. The van der Waals surface area contributed by atoms with Crippen LogP contribution in [0.5, 0.6) is 0 Å². The van der Waals surface area contributed by atoms with Gasteiger partial charge in [-0.25, -0.2) is 9.37 Å². The molecule has 1 saturated heterocycles. The lowest BCUT2D eigenvalue weighted by molar-refractivity contribution is -0.0741. The number of halogens is 1. The topological polar surface area (TPSA) is 139 Å². The summed E-state index contributed by atoms with van der Waals surface area (Å²) in [5.41, 5.74) is 0.773. The number of terminal acetylenes is 1. The monoisotopic (exact) mass is 307 g/mol. The Labute approximate surface area is 121 Å². The first-order valence-electron chi connectivity index (χ1n) is 6.29. The molecule has 2 aromatic heterocycles. The Morgan fingerprint density at radius 3 is 3.00 bits per heavy atom. The molecule has 4 rings (SSSR count). The van der Waals surface area contributed by atoms with Gasteiger partial charge in [-0.15, -0.1) is 6.42 Å². The molecule has 0 radical (unpaired) electrons. The number of nitrogens with two attached hydrogens (primary N) is 1. The zero-order valence-corrected chi connectivity index (χ0v) is 10.9. The van der Waals surface area contributed by atoms with Crippen molar-refractivity contribution >= 4 is 17.1 Å². The molecule has 22 heavy (non-hydrogen) atoms. The van der Waals surface area contributed by atoms with E-state index in [2.05, 4.69) is 20.9 Å². The van der Waals surface area contributed by atoms with E-state index >= 15 is 0 Å². The van der Waals surface area contributed by atoms with E-state index in [1.807, 2.05) is 0 Å². The number of aromatic amines is 1. The minimum atomic E-state index is -2.20. The van der Waals surface area contributed by atoms with Crippen LogP contribution in [0.3, 0.4) is 0 Å². The van der Waals surface area contributed by atoms with E-state index < -0.39 is 35.3 Å². The zero-order chi connectivity index (χ0) is 15.9. The number of anilines is 1. The van der Waals surface area contributed by atoms with Gasteiger partial charge in [0.05, 0.1) is 6.33 Å². The number of nitrogens with one attached hydrogen (secondary N) is 1. The van der Waals surface area contributed by atoms with E-state index in [1.54, 1.807) is 0 Å². The summed E-state index contributed by atoms with van der Waals surface area (Å²) in [4.78, 5) is 21.7. The SMILES string of the molecule is C#C[C@]12O[C@@H](n3cnc4c(=O)[nH]c(N)nc43)[C@H](F)[C@@]1(O)C2O. The van der Waals surface area contributed by atoms with Crippen LogP contribution in [0.2, 0.25) is 0 Å². The van der Waals surface area contributed by atoms with Gasteiger partial charge in [-0.3, -0.25) is 14.3 Å². The predicted molar refractivity (Wildman–Crippen MR) is 70.1 cm³/mol. The highest BCUT2D eigenvalue weighted by atomic mass is 19.1. The highest BCUT2D eigenvalue weighted by molar-refractivity contribution is 5.70. The van der Waals surface area contributed by atoms with Gasteiger partial charge in [0.1, 0.15) is 6.10 Å². The third-order valence-electron chi connectivity index (χ3n) is 4.23.